The minimum absolute atomic E-state index is 0.339. The zero-order chi connectivity index (χ0) is 14.8. The highest BCUT2D eigenvalue weighted by atomic mass is 35.5. The van der Waals surface area contributed by atoms with Crippen molar-refractivity contribution in [1.29, 1.82) is 0 Å². The number of carbonyl (C=O) groups excluding carboxylic acids is 1. The summed E-state index contributed by atoms with van der Waals surface area (Å²) >= 11 is 5.95. The van der Waals surface area contributed by atoms with Crippen molar-refractivity contribution in [3.63, 3.8) is 0 Å². The van der Waals surface area contributed by atoms with Crippen LogP contribution in [0.3, 0.4) is 0 Å². The van der Waals surface area contributed by atoms with E-state index in [0.29, 0.717) is 17.0 Å². The van der Waals surface area contributed by atoms with E-state index in [9.17, 15) is 4.79 Å². The van der Waals surface area contributed by atoms with Gasteiger partial charge in [-0.15, -0.1) is 0 Å². The third kappa shape index (κ3) is 3.10. The first-order chi connectivity index (χ1) is 10.1. The molecule has 4 nitrogen and oxygen atoms in total. The van der Waals surface area contributed by atoms with Gasteiger partial charge >= 0.3 is 0 Å². The SMILES string of the molecule is Nc1cc(Cl)ccc1N1CCC(N2CCCCC2=O)CC1. The van der Waals surface area contributed by atoms with Crippen molar-refractivity contribution < 1.29 is 4.79 Å². The van der Waals surface area contributed by atoms with Crippen molar-refractivity contribution in [2.45, 2.75) is 38.1 Å². The summed E-state index contributed by atoms with van der Waals surface area (Å²) in [4.78, 5) is 16.4. The zero-order valence-electron chi connectivity index (χ0n) is 12.2. The summed E-state index contributed by atoms with van der Waals surface area (Å²) < 4.78 is 0. The van der Waals surface area contributed by atoms with E-state index in [4.69, 9.17) is 17.3 Å². The minimum Gasteiger partial charge on any atom is -0.397 e. The number of amides is 1. The molecule has 2 N–H and O–H groups in total. The number of nitrogens with zero attached hydrogens (tertiary/aromatic N) is 2. The van der Waals surface area contributed by atoms with E-state index in [1.54, 1.807) is 6.07 Å². The number of benzene rings is 1. The number of nitrogen functional groups attached to an aromatic ring is 1. The number of hydrogen-bond acceptors (Lipinski definition) is 3. The lowest BCUT2D eigenvalue weighted by Crippen LogP contribution is -2.49. The molecule has 1 amide bonds. The Morgan fingerprint density at radius 3 is 2.57 bits per heavy atom. The molecule has 0 unspecified atom stereocenters. The molecule has 0 aliphatic carbocycles. The van der Waals surface area contributed by atoms with Gasteiger partial charge in [0.15, 0.2) is 0 Å². The number of piperidine rings is 2. The summed E-state index contributed by atoms with van der Waals surface area (Å²) in [5, 5.41) is 0.671. The summed E-state index contributed by atoms with van der Waals surface area (Å²) in [7, 11) is 0. The number of carbonyl (C=O) groups is 1. The molecule has 3 rings (SSSR count). The maximum Gasteiger partial charge on any atom is 0.222 e. The molecule has 2 saturated heterocycles. The third-order valence-electron chi connectivity index (χ3n) is 4.60. The molecule has 0 spiro atoms. The Balaban J connectivity index is 1.63. The predicted octanol–water partition coefficient (Wildman–Crippen LogP) is 2.90. The van der Waals surface area contributed by atoms with E-state index in [0.717, 1.165) is 63.1 Å². The molecule has 5 heteroatoms. The first-order valence-corrected chi connectivity index (χ1v) is 8.12. The fraction of sp³-hybridized carbons (Fsp3) is 0.562. The predicted molar refractivity (Wildman–Crippen MR) is 86.7 cm³/mol. The third-order valence-corrected chi connectivity index (χ3v) is 4.83. The summed E-state index contributed by atoms with van der Waals surface area (Å²) in [5.74, 6) is 0.339. The van der Waals surface area contributed by atoms with Crippen molar-refractivity contribution in [2.24, 2.45) is 0 Å². The van der Waals surface area contributed by atoms with E-state index >= 15 is 0 Å². The van der Waals surface area contributed by atoms with Gasteiger partial charge in [-0.3, -0.25) is 4.79 Å². The van der Waals surface area contributed by atoms with E-state index in [1.807, 2.05) is 12.1 Å². The van der Waals surface area contributed by atoms with Crippen molar-refractivity contribution in [3.05, 3.63) is 23.2 Å². The Morgan fingerprint density at radius 2 is 1.90 bits per heavy atom. The fourth-order valence-electron chi connectivity index (χ4n) is 3.44. The largest absolute Gasteiger partial charge is 0.397 e. The smallest absolute Gasteiger partial charge is 0.222 e. The number of nitrogens with two attached hydrogens (primary N) is 1. The Morgan fingerprint density at radius 1 is 1.14 bits per heavy atom. The van der Waals surface area contributed by atoms with Gasteiger partial charge in [-0.1, -0.05) is 11.6 Å². The zero-order valence-corrected chi connectivity index (χ0v) is 13.0. The lowest BCUT2D eigenvalue weighted by Gasteiger charge is -2.41. The molecule has 114 valence electrons. The van der Waals surface area contributed by atoms with Crippen LogP contribution >= 0.6 is 11.6 Å². The van der Waals surface area contributed by atoms with Gasteiger partial charge < -0.3 is 15.5 Å². The van der Waals surface area contributed by atoms with Crippen LogP contribution in [-0.2, 0) is 4.79 Å². The Labute approximate surface area is 130 Å². The van der Waals surface area contributed by atoms with Crippen LogP contribution < -0.4 is 10.6 Å². The second-order valence-electron chi connectivity index (χ2n) is 5.97. The molecule has 1 aromatic carbocycles. The van der Waals surface area contributed by atoms with Crippen LogP contribution in [0.2, 0.25) is 5.02 Å². The summed E-state index contributed by atoms with van der Waals surface area (Å²) in [6, 6.07) is 6.08. The number of likely N-dealkylation sites (tertiary alicyclic amines) is 1. The van der Waals surface area contributed by atoms with Crippen molar-refractivity contribution in [2.75, 3.05) is 30.3 Å². The summed E-state index contributed by atoms with van der Waals surface area (Å²) in [6.07, 6.45) is 4.97. The minimum atomic E-state index is 0.339. The van der Waals surface area contributed by atoms with Gasteiger partial charge in [0.25, 0.3) is 0 Å². The van der Waals surface area contributed by atoms with E-state index in [2.05, 4.69) is 9.80 Å². The van der Waals surface area contributed by atoms with Gasteiger partial charge in [0, 0.05) is 37.1 Å². The molecular weight excluding hydrogens is 286 g/mol. The van der Waals surface area contributed by atoms with Gasteiger partial charge in [0.1, 0.15) is 0 Å². The van der Waals surface area contributed by atoms with Gasteiger partial charge in [0.05, 0.1) is 11.4 Å². The van der Waals surface area contributed by atoms with Gasteiger partial charge in [-0.05, 0) is 43.9 Å². The monoisotopic (exact) mass is 307 g/mol. The molecular formula is C16H22ClN3O. The standard InChI is InChI=1S/C16H22ClN3O/c17-12-4-5-15(14(18)11-12)19-9-6-13(7-10-19)20-8-2-1-3-16(20)21/h4-5,11,13H,1-3,6-10,18H2. The fourth-order valence-corrected chi connectivity index (χ4v) is 3.63. The maximum absolute atomic E-state index is 12.0. The quantitative estimate of drug-likeness (QED) is 0.855. The van der Waals surface area contributed by atoms with Gasteiger partial charge in [0.2, 0.25) is 5.91 Å². The van der Waals surface area contributed by atoms with Crippen LogP contribution in [0.15, 0.2) is 18.2 Å². The highest BCUT2D eigenvalue weighted by Crippen LogP contribution is 2.30. The molecule has 2 heterocycles. The number of hydrogen-bond donors (Lipinski definition) is 1. The highest BCUT2D eigenvalue weighted by molar-refractivity contribution is 6.31. The first kappa shape index (κ1) is 14.5. The van der Waals surface area contributed by atoms with Crippen LogP contribution in [0.1, 0.15) is 32.1 Å². The lowest BCUT2D eigenvalue weighted by atomic mass is 9.99. The maximum atomic E-state index is 12.0. The molecule has 2 aliphatic heterocycles. The molecule has 0 bridgehead atoms. The molecule has 0 aromatic heterocycles. The average molecular weight is 308 g/mol. The van der Waals surface area contributed by atoms with Crippen LogP contribution in [0.5, 0.6) is 0 Å². The van der Waals surface area contributed by atoms with Crippen molar-refractivity contribution in [3.8, 4) is 0 Å². The lowest BCUT2D eigenvalue weighted by molar-refractivity contribution is -0.136. The molecule has 2 aliphatic rings. The van der Waals surface area contributed by atoms with Crippen molar-refractivity contribution in [1.82, 2.24) is 4.90 Å². The Bertz CT molecular complexity index is 526. The number of rotatable bonds is 2. The number of halogens is 1. The second kappa shape index (κ2) is 6.14. The summed E-state index contributed by atoms with van der Waals surface area (Å²) in [5.41, 5.74) is 7.85. The normalized spacial score (nSPS) is 20.9. The Hall–Kier alpha value is -1.42. The van der Waals surface area contributed by atoms with E-state index in [1.165, 1.54) is 0 Å². The highest BCUT2D eigenvalue weighted by Gasteiger charge is 2.29. The second-order valence-corrected chi connectivity index (χ2v) is 6.40. The average Bonchev–Trinajstić information content (AvgIpc) is 2.48. The number of anilines is 2. The molecule has 0 saturated carbocycles. The topological polar surface area (TPSA) is 49.6 Å². The molecule has 21 heavy (non-hydrogen) atoms. The van der Waals surface area contributed by atoms with Gasteiger partial charge in [-0.2, -0.15) is 0 Å². The van der Waals surface area contributed by atoms with Crippen molar-refractivity contribution >= 4 is 28.9 Å². The molecule has 2 fully saturated rings. The Kier molecular flexibility index (Phi) is 4.24. The van der Waals surface area contributed by atoms with Crippen LogP contribution in [0.4, 0.5) is 11.4 Å². The van der Waals surface area contributed by atoms with Crippen LogP contribution in [0.25, 0.3) is 0 Å². The summed E-state index contributed by atoms with van der Waals surface area (Å²) in [6.45, 7) is 2.83. The van der Waals surface area contributed by atoms with E-state index in [-0.39, 0.29) is 0 Å². The van der Waals surface area contributed by atoms with E-state index < -0.39 is 0 Å². The van der Waals surface area contributed by atoms with Crippen LogP contribution in [0, 0.1) is 0 Å². The van der Waals surface area contributed by atoms with Gasteiger partial charge in [-0.25, -0.2) is 0 Å². The molecule has 1 aromatic rings. The molecule has 0 atom stereocenters. The van der Waals surface area contributed by atoms with Crippen LogP contribution in [-0.4, -0.2) is 36.5 Å². The molecule has 0 radical (unpaired) electrons. The first-order valence-electron chi connectivity index (χ1n) is 7.74.